The Hall–Kier alpha value is -2.44. The zero-order valence-corrected chi connectivity index (χ0v) is 11.3. The molecule has 2 aromatic rings. The predicted octanol–water partition coefficient (Wildman–Crippen LogP) is 2.64. The first kappa shape index (κ1) is 14.0. The van der Waals surface area contributed by atoms with E-state index in [1.165, 1.54) is 12.1 Å². The number of aromatic nitrogens is 2. The lowest BCUT2D eigenvalue weighted by atomic mass is 10.2. The van der Waals surface area contributed by atoms with Gasteiger partial charge >= 0.3 is 0 Å². The van der Waals surface area contributed by atoms with E-state index in [2.05, 4.69) is 10.4 Å². The lowest BCUT2D eigenvalue weighted by Gasteiger charge is -2.07. The van der Waals surface area contributed by atoms with Crippen molar-refractivity contribution in [2.24, 2.45) is 7.05 Å². The van der Waals surface area contributed by atoms with Crippen LogP contribution in [0.2, 0.25) is 0 Å². The molecule has 0 saturated heterocycles. The van der Waals surface area contributed by atoms with Crippen molar-refractivity contribution in [2.45, 2.75) is 19.9 Å². The molecule has 106 valence electrons. The summed E-state index contributed by atoms with van der Waals surface area (Å²) in [4.78, 5) is 9.92. The van der Waals surface area contributed by atoms with E-state index in [0.29, 0.717) is 6.54 Å². The van der Waals surface area contributed by atoms with Crippen molar-refractivity contribution < 1.29 is 9.31 Å². The number of nitrogens with one attached hydrogen (secondary N) is 1. The Kier molecular flexibility index (Phi) is 3.97. The van der Waals surface area contributed by atoms with Gasteiger partial charge < -0.3 is 5.32 Å². The van der Waals surface area contributed by atoms with Gasteiger partial charge in [0.05, 0.1) is 22.4 Å². The number of benzene rings is 1. The molecule has 0 aliphatic heterocycles. The lowest BCUT2D eigenvalue weighted by molar-refractivity contribution is -0.385. The quantitative estimate of drug-likeness (QED) is 0.674. The Balaban J connectivity index is 2.12. The van der Waals surface area contributed by atoms with Gasteiger partial charge in [-0.3, -0.25) is 14.8 Å². The number of nitro groups is 1. The number of nitro benzene ring substituents is 1. The third-order valence-electron chi connectivity index (χ3n) is 2.96. The van der Waals surface area contributed by atoms with E-state index in [0.717, 1.165) is 23.7 Å². The standard InChI is InChI=1S/C13H15FN4O2/c1-3-12-9(8-17(2)16-12)7-15-13-5-4-10(18(19)20)6-11(13)14/h4-6,8,15H,3,7H2,1-2H3. The summed E-state index contributed by atoms with van der Waals surface area (Å²) in [5, 5.41) is 17.8. The normalized spacial score (nSPS) is 10.6. The average molecular weight is 278 g/mol. The van der Waals surface area contributed by atoms with Gasteiger partial charge in [-0.2, -0.15) is 5.10 Å². The Bertz CT molecular complexity index is 639. The van der Waals surface area contributed by atoms with E-state index in [1.54, 1.807) is 4.68 Å². The molecule has 1 aromatic heterocycles. The molecule has 1 N–H and O–H groups in total. The van der Waals surface area contributed by atoms with Gasteiger partial charge in [0.25, 0.3) is 5.69 Å². The third-order valence-corrected chi connectivity index (χ3v) is 2.96. The highest BCUT2D eigenvalue weighted by molar-refractivity contribution is 5.50. The summed E-state index contributed by atoms with van der Waals surface area (Å²) in [5.74, 6) is -0.638. The van der Waals surface area contributed by atoms with Crippen molar-refractivity contribution in [2.75, 3.05) is 5.32 Å². The smallest absolute Gasteiger partial charge is 0.272 e. The fraction of sp³-hybridized carbons (Fsp3) is 0.308. The van der Waals surface area contributed by atoms with Gasteiger partial charge in [-0.05, 0) is 12.5 Å². The summed E-state index contributed by atoms with van der Waals surface area (Å²) < 4.78 is 15.4. The fourth-order valence-corrected chi connectivity index (χ4v) is 1.98. The number of non-ortho nitro benzene ring substituents is 1. The first-order valence-electron chi connectivity index (χ1n) is 6.20. The van der Waals surface area contributed by atoms with Crippen LogP contribution in [-0.4, -0.2) is 14.7 Å². The van der Waals surface area contributed by atoms with Gasteiger partial charge in [-0.1, -0.05) is 6.92 Å². The molecule has 0 aliphatic carbocycles. The van der Waals surface area contributed by atoms with Crippen molar-refractivity contribution in [1.82, 2.24) is 9.78 Å². The van der Waals surface area contributed by atoms with Crippen molar-refractivity contribution in [3.05, 3.63) is 51.6 Å². The molecule has 6 nitrogen and oxygen atoms in total. The lowest BCUT2D eigenvalue weighted by Crippen LogP contribution is -2.03. The van der Waals surface area contributed by atoms with Crippen LogP contribution in [0.3, 0.4) is 0 Å². The van der Waals surface area contributed by atoms with Crippen LogP contribution in [0.5, 0.6) is 0 Å². The molecule has 0 fully saturated rings. The third kappa shape index (κ3) is 2.93. The molecule has 0 saturated carbocycles. The van der Waals surface area contributed by atoms with Crippen LogP contribution in [0.4, 0.5) is 15.8 Å². The predicted molar refractivity (Wildman–Crippen MR) is 73.0 cm³/mol. The van der Waals surface area contributed by atoms with Crippen molar-refractivity contribution >= 4 is 11.4 Å². The van der Waals surface area contributed by atoms with E-state index >= 15 is 0 Å². The molecule has 1 heterocycles. The largest absolute Gasteiger partial charge is 0.378 e. The summed E-state index contributed by atoms with van der Waals surface area (Å²) in [6.45, 7) is 2.42. The maximum absolute atomic E-state index is 13.7. The molecule has 2 rings (SSSR count). The molecule has 0 amide bonds. The summed E-state index contributed by atoms with van der Waals surface area (Å²) in [5.41, 5.74) is 1.90. The van der Waals surface area contributed by atoms with E-state index in [-0.39, 0.29) is 11.4 Å². The second kappa shape index (κ2) is 5.68. The first-order chi connectivity index (χ1) is 9.51. The van der Waals surface area contributed by atoms with Gasteiger partial charge in [0.15, 0.2) is 5.82 Å². The molecule has 20 heavy (non-hydrogen) atoms. The second-order valence-corrected chi connectivity index (χ2v) is 4.40. The number of aryl methyl sites for hydroxylation is 2. The number of halogens is 1. The maximum Gasteiger partial charge on any atom is 0.272 e. The van der Waals surface area contributed by atoms with Crippen molar-refractivity contribution in [3.63, 3.8) is 0 Å². The summed E-state index contributed by atoms with van der Waals surface area (Å²) in [7, 11) is 1.83. The Labute approximate surface area is 115 Å². The second-order valence-electron chi connectivity index (χ2n) is 4.40. The molecule has 7 heteroatoms. The molecule has 0 atom stereocenters. The number of anilines is 1. The number of hydrogen-bond acceptors (Lipinski definition) is 4. The van der Waals surface area contributed by atoms with Gasteiger partial charge in [-0.25, -0.2) is 4.39 Å². The zero-order valence-electron chi connectivity index (χ0n) is 11.3. The molecule has 0 aliphatic rings. The van der Waals surface area contributed by atoms with E-state index < -0.39 is 10.7 Å². The van der Waals surface area contributed by atoms with E-state index in [9.17, 15) is 14.5 Å². The van der Waals surface area contributed by atoms with Crippen LogP contribution in [0.1, 0.15) is 18.2 Å². The number of hydrogen-bond donors (Lipinski definition) is 1. The number of nitrogens with zero attached hydrogens (tertiary/aromatic N) is 3. The average Bonchev–Trinajstić information content (AvgIpc) is 2.77. The molecule has 0 unspecified atom stereocenters. The highest BCUT2D eigenvalue weighted by Gasteiger charge is 2.11. The minimum Gasteiger partial charge on any atom is -0.378 e. The summed E-state index contributed by atoms with van der Waals surface area (Å²) >= 11 is 0. The minimum atomic E-state index is -0.638. The number of rotatable bonds is 5. The first-order valence-corrected chi connectivity index (χ1v) is 6.20. The molecule has 1 aromatic carbocycles. The highest BCUT2D eigenvalue weighted by Crippen LogP contribution is 2.21. The highest BCUT2D eigenvalue weighted by atomic mass is 19.1. The van der Waals surface area contributed by atoms with Crippen LogP contribution in [-0.2, 0) is 20.0 Å². The van der Waals surface area contributed by atoms with Crippen LogP contribution < -0.4 is 5.32 Å². The topological polar surface area (TPSA) is 73.0 Å². The van der Waals surface area contributed by atoms with Crippen LogP contribution >= 0.6 is 0 Å². The molecule has 0 spiro atoms. The Morgan fingerprint density at radius 1 is 1.50 bits per heavy atom. The molecular formula is C13H15FN4O2. The monoisotopic (exact) mass is 278 g/mol. The Morgan fingerprint density at radius 3 is 2.85 bits per heavy atom. The van der Waals surface area contributed by atoms with Gasteiger partial charge in [0.2, 0.25) is 0 Å². The van der Waals surface area contributed by atoms with Gasteiger partial charge in [0.1, 0.15) is 0 Å². The van der Waals surface area contributed by atoms with Crippen LogP contribution in [0.15, 0.2) is 24.4 Å². The van der Waals surface area contributed by atoms with E-state index in [1.807, 2.05) is 20.2 Å². The van der Waals surface area contributed by atoms with Crippen molar-refractivity contribution in [3.8, 4) is 0 Å². The minimum absolute atomic E-state index is 0.238. The Morgan fingerprint density at radius 2 is 2.25 bits per heavy atom. The zero-order chi connectivity index (χ0) is 14.7. The van der Waals surface area contributed by atoms with Gasteiger partial charge in [-0.15, -0.1) is 0 Å². The van der Waals surface area contributed by atoms with Gasteiger partial charge in [0, 0.05) is 31.4 Å². The summed E-state index contributed by atoms with van der Waals surface area (Å²) in [6.07, 6.45) is 2.66. The molecule has 0 radical (unpaired) electrons. The summed E-state index contributed by atoms with van der Waals surface area (Å²) in [6, 6.07) is 3.55. The molecular weight excluding hydrogens is 263 g/mol. The van der Waals surface area contributed by atoms with Crippen molar-refractivity contribution in [1.29, 1.82) is 0 Å². The molecule has 0 bridgehead atoms. The van der Waals surface area contributed by atoms with Crippen LogP contribution in [0, 0.1) is 15.9 Å². The SMILES string of the molecule is CCc1nn(C)cc1CNc1ccc([N+](=O)[O-])cc1F. The fourth-order valence-electron chi connectivity index (χ4n) is 1.98. The van der Waals surface area contributed by atoms with E-state index in [4.69, 9.17) is 0 Å². The maximum atomic E-state index is 13.7. The van der Waals surface area contributed by atoms with Crippen LogP contribution in [0.25, 0.3) is 0 Å².